The summed E-state index contributed by atoms with van der Waals surface area (Å²) in [6.45, 7) is 8.56. The van der Waals surface area contributed by atoms with E-state index in [1.54, 1.807) is 12.1 Å². The molecule has 1 fully saturated rings. The van der Waals surface area contributed by atoms with Gasteiger partial charge in [-0.25, -0.2) is 0 Å². The second-order valence-electron chi connectivity index (χ2n) is 19.6. The van der Waals surface area contributed by atoms with Gasteiger partial charge in [-0.05, 0) is 131 Å². The van der Waals surface area contributed by atoms with Crippen LogP contribution in [0.3, 0.4) is 0 Å². The number of fused-ring (bicyclic) bond motifs is 6. The average molecular weight is 955 g/mol. The summed E-state index contributed by atoms with van der Waals surface area (Å²) < 4.78 is 98.8. The third-order valence-corrected chi connectivity index (χ3v) is 14.7. The Balaban J connectivity index is 1.10. The van der Waals surface area contributed by atoms with E-state index in [0.717, 1.165) is 120 Å². The van der Waals surface area contributed by atoms with Crippen LogP contribution in [-0.2, 0) is 17.1 Å². The van der Waals surface area contributed by atoms with Crippen LogP contribution in [0.5, 0.6) is 0 Å². The van der Waals surface area contributed by atoms with Gasteiger partial charge in [-0.1, -0.05) is 119 Å². The van der Waals surface area contributed by atoms with Crippen molar-refractivity contribution < 1.29 is 35.5 Å². The highest BCUT2D eigenvalue weighted by Gasteiger charge is 2.43. The van der Waals surface area contributed by atoms with Gasteiger partial charge in [0.05, 0.1) is 33.9 Å². The van der Waals surface area contributed by atoms with Gasteiger partial charge in [0.1, 0.15) is 17.4 Å². The zero-order chi connectivity index (χ0) is 49.1. The van der Waals surface area contributed by atoms with Gasteiger partial charge in [0, 0.05) is 44.4 Å². The van der Waals surface area contributed by atoms with Crippen molar-refractivity contribution >= 4 is 82.7 Å². The summed E-state index contributed by atoms with van der Waals surface area (Å²) in [5.41, 5.74) is 7.32. The lowest BCUT2D eigenvalue weighted by molar-refractivity contribution is -0.138. The molecule has 0 saturated carbocycles. The summed E-state index contributed by atoms with van der Waals surface area (Å²) in [6.07, 6.45) is 1.70. The van der Waals surface area contributed by atoms with Gasteiger partial charge in [0.25, 0.3) is 0 Å². The van der Waals surface area contributed by atoms with Gasteiger partial charge < -0.3 is 19.0 Å². The second-order valence-corrected chi connectivity index (χ2v) is 19.6. The van der Waals surface area contributed by atoms with Gasteiger partial charge in [0.2, 0.25) is 0 Å². The van der Waals surface area contributed by atoms with E-state index in [-0.39, 0.29) is 23.9 Å². The number of hydrogen-bond acceptors (Lipinski definition) is 4. The minimum atomic E-state index is -4.53. The lowest BCUT2D eigenvalue weighted by Gasteiger charge is -2.31. The molecule has 8 aromatic carbocycles. The van der Waals surface area contributed by atoms with Gasteiger partial charge in [0.15, 0.2) is 5.58 Å². The smallest absolute Gasteiger partial charge is 0.416 e. The van der Waals surface area contributed by atoms with E-state index in [1.165, 1.54) is 17.7 Å². The van der Waals surface area contributed by atoms with E-state index in [2.05, 4.69) is 93.3 Å². The summed E-state index contributed by atoms with van der Waals surface area (Å²) in [5.74, 6) is 1.18. The monoisotopic (exact) mass is 954 g/mol. The molecule has 0 bridgehead atoms. The highest BCUT2D eigenvalue weighted by atomic mass is 19.4. The Labute approximate surface area is 406 Å². The zero-order valence-electron chi connectivity index (χ0n) is 39.4. The Hall–Kier alpha value is -7.46. The quantitative estimate of drug-likeness (QED) is 0.112. The van der Waals surface area contributed by atoms with Crippen LogP contribution in [0, 0.1) is 11.8 Å². The number of anilines is 5. The lowest BCUT2D eigenvalue weighted by Crippen LogP contribution is -2.23. The minimum absolute atomic E-state index is 0.00464. The van der Waals surface area contributed by atoms with Crippen LogP contribution in [0.2, 0.25) is 0 Å². The maximum atomic E-state index is 14.2. The van der Waals surface area contributed by atoms with Gasteiger partial charge in [-0.15, -0.1) is 0 Å². The van der Waals surface area contributed by atoms with E-state index < -0.39 is 23.5 Å². The summed E-state index contributed by atoms with van der Waals surface area (Å²) in [4.78, 5) is 4.09. The maximum absolute atomic E-state index is 14.2. The number of allylic oxidation sites excluding steroid dienone is 5. The molecule has 1 saturated heterocycles. The average Bonchev–Trinajstić information content (AvgIpc) is 3.86. The molecule has 0 N–H and O–H groups in total. The van der Waals surface area contributed by atoms with Crippen molar-refractivity contribution in [2.45, 2.75) is 71.3 Å². The summed E-state index contributed by atoms with van der Waals surface area (Å²) in [6, 6.07) is 39.1. The van der Waals surface area contributed by atoms with Crippen LogP contribution in [-0.4, -0.2) is 6.10 Å². The second kappa shape index (κ2) is 16.6. The molecule has 2 atom stereocenters. The van der Waals surface area contributed by atoms with Gasteiger partial charge in [-0.2, -0.15) is 26.3 Å². The first-order valence-electron chi connectivity index (χ1n) is 24.2. The summed E-state index contributed by atoms with van der Waals surface area (Å²) in [5, 5.41) is 7.32. The molecule has 3 aliphatic rings. The van der Waals surface area contributed by atoms with Gasteiger partial charge >= 0.3 is 12.4 Å². The fourth-order valence-electron chi connectivity index (χ4n) is 11.3. The summed E-state index contributed by atoms with van der Waals surface area (Å²) >= 11 is 0. The highest BCUT2D eigenvalue weighted by molar-refractivity contribution is 6.28. The van der Waals surface area contributed by atoms with Crippen LogP contribution in [0.15, 0.2) is 185 Å². The van der Waals surface area contributed by atoms with Crippen molar-refractivity contribution in [3.05, 3.63) is 197 Å². The Morgan fingerprint density at radius 1 is 0.563 bits per heavy atom. The molecular weight excluding hydrogens is 907 g/mol. The topological polar surface area (TPSA) is 28.9 Å². The van der Waals surface area contributed by atoms with Crippen molar-refractivity contribution in [2.24, 2.45) is 11.8 Å². The molecule has 9 aromatic rings. The number of halogens is 6. The molecule has 2 heterocycles. The highest BCUT2D eigenvalue weighted by Crippen LogP contribution is 2.52. The first kappa shape index (κ1) is 44.7. The molecule has 1 aromatic heterocycles. The predicted molar refractivity (Wildman–Crippen MR) is 274 cm³/mol. The van der Waals surface area contributed by atoms with E-state index in [1.807, 2.05) is 53.4 Å². The number of nitrogens with zero attached hydrogens (tertiary/aromatic N) is 2. The molecule has 0 amide bonds. The molecular formula is C61H48F6N2O2. The Morgan fingerprint density at radius 3 is 1.72 bits per heavy atom. The number of furan rings is 1. The number of alkyl halides is 6. The first-order chi connectivity index (χ1) is 34.2. The molecule has 356 valence electrons. The van der Waals surface area contributed by atoms with Gasteiger partial charge in [-0.3, -0.25) is 0 Å². The van der Waals surface area contributed by atoms with Crippen molar-refractivity contribution in [1.29, 1.82) is 0 Å². The molecule has 1 aliphatic heterocycles. The van der Waals surface area contributed by atoms with Crippen LogP contribution in [0.1, 0.15) is 69.6 Å². The van der Waals surface area contributed by atoms with E-state index in [9.17, 15) is 26.3 Å². The van der Waals surface area contributed by atoms with E-state index in [4.69, 9.17) is 9.15 Å². The Bertz CT molecular complexity index is 3700. The van der Waals surface area contributed by atoms with Crippen LogP contribution < -0.4 is 9.80 Å². The number of hydrogen-bond donors (Lipinski definition) is 0. The largest absolute Gasteiger partial charge is 0.483 e. The molecule has 4 nitrogen and oxygen atoms in total. The molecule has 0 radical (unpaired) electrons. The number of ether oxygens (including phenoxy) is 1. The number of para-hydroxylation sites is 2. The Morgan fingerprint density at radius 2 is 1.13 bits per heavy atom. The third kappa shape index (κ3) is 7.27. The fraction of sp³-hybridized carbons (Fsp3) is 0.213. The van der Waals surface area contributed by atoms with Crippen LogP contribution >= 0.6 is 0 Å². The normalized spacial score (nSPS) is 17.4. The maximum Gasteiger partial charge on any atom is 0.416 e. The number of benzene rings is 8. The fourth-order valence-corrected chi connectivity index (χ4v) is 11.3. The standard InChI is InChI=1S/C61H48F6N2O2/c1-34(2)42-11-7-13-44-46-10-5-6-16-52(58(46)70-56(42)44)68(40-26-22-38(23-27-40)60(62,63)64)50-32-20-36-19-31-49-51(33-21-37-18-30-48(50)54(36)55(37)49)69(41-28-24-39(25-29-41)61(65,66)67)53-17-9-15-47-45-14-8-12-43(35(3)4)57(45)71-59(47)53/h7-15,17-35,44,56H,5-6,16H2,1-4H3. The molecule has 2 unspecified atom stereocenters. The molecule has 2 aliphatic carbocycles. The predicted octanol–water partition coefficient (Wildman–Crippen LogP) is 18.7. The van der Waals surface area contributed by atoms with Crippen molar-refractivity contribution in [1.82, 2.24) is 0 Å². The van der Waals surface area contributed by atoms with Crippen molar-refractivity contribution in [2.75, 3.05) is 9.80 Å². The lowest BCUT2D eigenvalue weighted by atomic mass is 9.82. The van der Waals surface area contributed by atoms with Crippen molar-refractivity contribution in [3.63, 3.8) is 0 Å². The third-order valence-electron chi connectivity index (χ3n) is 14.7. The molecule has 10 heteroatoms. The molecule has 0 spiro atoms. The zero-order valence-corrected chi connectivity index (χ0v) is 39.4. The van der Waals surface area contributed by atoms with Crippen LogP contribution in [0.4, 0.5) is 54.8 Å². The SMILES string of the molecule is CC(C)C1=CC=CC2C3=CCCCC(N(c4ccc(C(F)(F)F)cc4)c4ccc5ccc6c(N(c7ccc(C(F)(F)F)cc7)c7cccc8c7oc7c(C(C)C)cccc78)ccc7ccc4c5c76)=C3OC12. The van der Waals surface area contributed by atoms with Crippen LogP contribution in [0.25, 0.3) is 54.3 Å². The Kier molecular flexibility index (Phi) is 10.4. The first-order valence-corrected chi connectivity index (χ1v) is 24.2. The summed E-state index contributed by atoms with van der Waals surface area (Å²) in [7, 11) is 0. The number of rotatable bonds is 8. The molecule has 12 rings (SSSR count). The van der Waals surface area contributed by atoms with Crippen molar-refractivity contribution in [3.8, 4) is 0 Å². The van der Waals surface area contributed by atoms with E-state index in [0.29, 0.717) is 29.1 Å². The molecule has 71 heavy (non-hydrogen) atoms. The van der Waals surface area contributed by atoms with E-state index >= 15 is 0 Å². The minimum Gasteiger partial charge on any atom is -0.483 e.